The van der Waals surface area contributed by atoms with Gasteiger partial charge in [-0.25, -0.2) is 4.98 Å². The molecule has 0 saturated carbocycles. The predicted octanol–water partition coefficient (Wildman–Crippen LogP) is 0.421. The zero-order chi connectivity index (χ0) is 16.4. The number of hydrogen-bond acceptors (Lipinski definition) is 5. The lowest BCUT2D eigenvalue weighted by atomic mass is 10.1. The second kappa shape index (κ2) is 6.80. The molecule has 0 bridgehead atoms. The molecule has 1 fully saturated rings. The summed E-state index contributed by atoms with van der Waals surface area (Å²) in [6, 6.07) is 0.372. The number of morpholine rings is 1. The molecule has 0 aromatic carbocycles. The lowest BCUT2D eigenvalue weighted by molar-refractivity contribution is -0.132. The molecule has 23 heavy (non-hydrogen) atoms. The van der Waals surface area contributed by atoms with Crippen molar-refractivity contribution < 1.29 is 9.53 Å². The van der Waals surface area contributed by atoms with E-state index >= 15 is 0 Å². The van der Waals surface area contributed by atoms with Gasteiger partial charge in [0.1, 0.15) is 5.82 Å². The van der Waals surface area contributed by atoms with Crippen LogP contribution in [0.1, 0.15) is 36.8 Å². The Labute approximate surface area is 135 Å². The molecule has 2 aliphatic heterocycles. The van der Waals surface area contributed by atoms with Crippen LogP contribution in [0, 0.1) is 6.92 Å². The van der Waals surface area contributed by atoms with Crippen LogP contribution in [0.4, 0.5) is 0 Å². The normalized spacial score (nSPS) is 19.7. The van der Waals surface area contributed by atoms with Crippen molar-refractivity contribution in [1.29, 1.82) is 0 Å². The maximum Gasteiger partial charge on any atom is 0.256 e. The minimum atomic E-state index is -0.121. The fourth-order valence-corrected chi connectivity index (χ4v) is 3.26. The number of rotatable bonds is 4. The molecule has 7 heteroatoms. The van der Waals surface area contributed by atoms with E-state index in [1.165, 1.54) is 0 Å². The van der Waals surface area contributed by atoms with E-state index in [0.29, 0.717) is 36.9 Å². The Morgan fingerprint density at radius 1 is 1.35 bits per heavy atom. The first-order chi connectivity index (χ1) is 11.0. The summed E-state index contributed by atoms with van der Waals surface area (Å²) in [5.74, 6) is 0.698. The van der Waals surface area contributed by atoms with Crippen LogP contribution in [-0.4, -0.2) is 58.0 Å². The van der Waals surface area contributed by atoms with Crippen molar-refractivity contribution in [3.63, 3.8) is 0 Å². The van der Waals surface area contributed by atoms with Crippen molar-refractivity contribution in [2.24, 2.45) is 0 Å². The van der Waals surface area contributed by atoms with Gasteiger partial charge < -0.3 is 14.6 Å². The number of carbonyl (C=O) groups excluding carboxylic acids is 1. The van der Waals surface area contributed by atoms with Gasteiger partial charge in [0.25, 0.3) is 5.56 Å². The first kappa shape index (κ1) is 16.1. The highest BCUT2D eigenvalue weighted by atomic mass is 16.5. The zero-order valence-corrected chi connectivity index (χ0v) is 13.8. The summed E-state index contributed by atoms with van der Waals surface area (Å²) in [6.45, 7) is 8.16. The van der Waals surface area contributed by atoms with Crippen LogP contribution >= 0.6 is 0 Å². The van der Waals surface area contributed by atoms with Crippen LogP contribution in [0.15, 0.2) is 4.79 Å². The smallest absolute Gasteiger partial charge is 0.256 e. The number of aromatic amines is 1. The number of nitrogens with one attached hydrogen (secondary N) is 1. The minimum Gasteiger partial charge on any atom is -0.379 e. The summed E-state index contributed by atoms with van der Waals surface area (Å²) in [5.41, 5.74) is 1.25. The summed E-state index contributed by atoms with van der Waals surface area (Å²) in [5, 5.41) is 0. The number of aryl methyl sites for hydroxylation is 1. The van der Waals surface area contributed by atoms with E-state index in [9.17, 15) is 9.59 Å². The van der Waals surface area contributed by atoms with Gasteiger partial charge in [0.2, 0.25) is 5.91 Å². The zero-order valence-electron chi connectivity index (χ0n) is 13.8. The Hall–Kier alpha value is -1.73. The van der Waals surface area contributed by atoms with E-state index in [4.69, 9.17) is 4.74 Å². The van der Waals surface area contributed by atoms with Crippen molar-refractivity contribution in [3.05, 3.63) is 27.4 Å². The molecule has 126 valence electrons. The molecule has 1 N–H and O–H groups in total. The maximum atomic E-state index is 12.4. The lowest BCUT2D eigenvalue weighted by Gasteiger charge is -2.32. The van der Waals surface area contributed by atoms with Crippen molar-refractivity contribution >= 4 is 5.91 Å². The minimum absolute atomic E-state index is 0.0974. The molecule has 1 saturated heterocycles. The SMILES string of the molecule is Cc1nc2c(c(=O)[nH]1)CN(C(=O)CC[C@H](C)N1CCOCC1)C2. The maximum absolute atomic E-state index is 12.4. The number of nitrogens with zero attached hydrogens (tertiary/aromatic N) is 3. The average Bonchev–Trinajstić information content (AvgIpc) is 2.97. The summed E-state index contributed by atoms with van der Waals surface area (Å²) >= 11 is 0. The van der Waals surface area contributed by atoms with Gasteiger partial charge >= 0.3 is 0 Å². The second-order valence-corrected chi connectivity index (χ2v) is 6.36. The molecule has 0 radical (unpaired) electrons. The molecule has 7 nitrogen and oxygen atoms in total. The molecule has 3 rings (SSSR count). The fraction of sp³-hybridized carbons (Fsp3) is 0.688. The summed E-state index contributed by atoms with van der Waals surface area (Å²) in [6.07, 6.45) is 1.33. The molecule has 1 aromatic heterocycles. The number of amides is 1. The van der Waals surface area contributed by atoms with Crippen LogP contribution in [-0.2, 0) is 22.6 Å². The predicted molar refractivity (Wildman–Crippen MR) is 84.9 cm³/mol. The van der Waals surface area contributed by atoms with Gasteiger partial charge in [0, 0.05) is 25.6 Å². The van der Waals surface area contributed by atoms with Crippen molar-refractivity contribution in [3.8, 4) is 0 Å². The fourth-order valence-electron chi connectivity index (χ4n) is 3.26. The Morgan fingerprint density at radius 2 is 2.09 bits per heavy atom. The van der Waals surface area contributed by atoms with Gasteiger partial charge in [-0.1, -0.05) is 0 Å². The van der Waals surface area contributed by atoms with Crippen LogP contribution in [0.2, 0.25) is 0 Å². The van der Waals surface area contributed by atoms with Gasteiger partial charge in [0.15, 0.2) is 0 Å². The molecule has 0 aliphatic carbocycles. The van der Waals surface area contributed by atoms with Crippen molar-refractivity contribution in [1.82, 2.24) is 19.8 Å². The van der Waals surface area contributed by atoms with Crippen molar-refractivity contribution in [2.45, 2.75) is 45.8 Å². The molecular formula is C16H24N4O3. The molecule has 1 amide bonds. The Morgan fingerprint density at radius 3 is 2.83 bits per heavy atom. The topological polar surface area (TPSA) is 78.5 Å². The van der Waals surface area contributed by atoms with Crippen LogP contribution in [0.5, 0.6) is 0 Å². The van der Waals surface area contributed by atoms with Gasteiger partial charge in [-0.15, -0.1) is 0 Å². The Balaban J connectivity index is 1.54. The molecular weight excluding hydrogens is 296 g/mol. The van der Waals surface area contributed by atoms with E-state index in [1.54, 1.807) is 11.8 Å². The number of fused-ring (bicyclic) bond motifs is 1. The van der Waals surface area contributed by atoms with Gasteiger partial charge in [0.05, 0.1) is 37.6 Å². The summed E-state index contributed by atoms with van der Waals surface area (Å²) in [7, 11) is 0. The number of aromatic nitrogens is 2. The molecule has 1 aromatic rings. The quantitative estimate of drug-likeness (QED) is 0.870. The third kappa shape index (κ3) is 3.61. The summed E-state index contributed by atoms with van der Waals surface area (Å²) in [4.78, 5) is 35.5. The molecule has 2 aliphatic rings. The third-order valence-electron chi connectivity index (χ3n) is 4.71. The first-order valence-electron chi connectivity index (χ1n) is 8.23. The average molecular weight is 320 g/mol. The second-order valence-electron chi connectivity index (χ2n) is 6.36. The van der Waals surface area contributed by atoms with Gasteiger partial charge in [-0.3, -0.25) is 14.5 Å². The Bertz CT molecular complexity index is 637. The highest BCUT2D eigenvalue weighted by Crippen LogP contribution is 2.19. The first-order valence-corrected chi connectivity index (χ1v) is 8.23. The number of hydrogen-bond donors (Lipinski definition) is 1. The largest absolute Gasteiger partial charge is 0.379 e. The number of ether oxygens (including phenoxy) is 1. The lowest BCUT2D eigenvalue weighted by Crippen LogP contribution is -2.42. The monoisotopic (exact) mass is 320 g/mol. The van der Waals surface area contributed by atoms with Crippen molar-refractivity contribution in [2.75, 3.05) is 26.3 Å². The van der Waals surface area contributed by atoms with E-state index < -0.39 is 0 Å². The van der Waals surface area contributed by atoms with E-state index in [0.717, 1.165) is 38.4 Å². The number of H-pyrrole nitrogens is 1. The highest BCUT2D eigenvalue weighted by molar-refractivity contribution is 5.76. The van der Waals surface area contributed by atoms with Crippen LogP contribution < -0.4 is 5.56 Å². The van der Waals surface area contributed by atoms with Crippen LogP contribution in [0.25, 0.3) is 0 Å². The van der Waals surface area contributed by atoms with Crippen LogP contribution in [0.3, 0.4) is 0 Å². The highest BCUT2D eigenvalue weighted by Gasteiger charge is 2.27. The van der Waals surface area contributed by atoms with E-state index in [1.807, 2.05) is 0 Å². The summed E-state index contributed by atoms with van der Waals surface area (Å²) < 4.78 is 5.36. The molecule has 0 spiro atoms. The van der Waals surface area contributed by atoms with E-state index in [-0.39, 0.29) is 11.5 Å². The van der Waals surface area contributed by atoms with E-state index in [2.05, 4.69) is 21.8 Å². The van der Waals surface area contributed by atoms with Gasteiger partial charge in [-0.2, -0.15) is 0 Å². The molecule has 1 atom stereocenters. The van der Waals surface area contributed by atoms with Gasteiger partial charge in [-0.05, 0) is 20.3 Å². The molecule has 0 unspecified atom stereocenters. The third-order valence-corrected chi connectivity index (χ3v) is 4.71. The standard InChI is InChI=1S/C16H24N4O3/c1-11(19-5-7-23-8-6-19)3-4-15(21)20-9-13-14(10-20)17-12(2)18-16(13)22/h11H,3-10H2,1-2H3,(H,17,18,22)/t11-/m0/s1. The number of carbonyl (C=O) groups is 1. The Kier molecular flexibility index (Phi) is 4.77. The molecule has 3 heterocycles.